The van der Waals surface area contributed by atoms with Crippen molar-refractivity contribution in [3.05, 3.63) is 90.0 Å². The van der Waals surface area contributed by atoms with Crippen LogP contribution in [-0.4, -0.2) is 16.6 Å². The molecule has 0 bridgehead atoms. The van der Waals surface area contributed by atoms with Crippen molar-refractivity contribution in [3.63, 3.8) is 0 Å². The van der Waals surface area contributed by atoms with Gasteiger partial charge in [0.15, 0.2) is 0 Å². The summed E-state index contributed by atoms with van der Waals surface area (Å²) < 4.78 is 24.5. The van der Waals surface area contributed by atoms with Crippen LogP contribution in [-0.2, 0) is 11.3 Å². The Hall–Kier alpha value is -3.22. The first-order valence-corrected chi connectivity index (χ1v) is 8.98. The molecule has 6 heteroatoms. The normalized spacial score (nSPS) is 12.2. The molecule has 28 heavy (non-hydrogen) atoms. The summed E-state index contributed by atoms with van der Waals surface area (Å²) in [6.45, 7) is 0.859. The fourth-order valence-electron chi connectivity index (χ4n) is 2.84. The van der Waals surface area contributed by atoms with Crippen molar-refractivity contribution < 1.29 is 13.9 Å². The van der Waals surface area contributed by atoms with Gasteiger partial charge in [-0.2, -0.15) is 0 Å². The van der Waals surface area contributed by atoms with E-state index in [0.717, 1.165) is 16.6 Å². The Bertz CT molecular complexity index is 1050. The van der Waals surface area contributed by atoms with Crippen LogP contribution in [0.5, 0.6) is 11.5 Å². The lowest BCUT2D eigenvalue weighted by molar-refractivity contribution is 0.106. The molecule has 1 heterocycles. The molecule has 1 atom stereocenters. The molecule has 3 aromatic carbocycles. The first-order chi connectivity index (χ1) is 13.7. The third kappa shape index (κ3) is 4.36. The maximum absolute atomic E-state index is 13.0. The van der Waals surface area contributed by atoms with E-state index in [1.165, 1.54) is 12.1 Å². The van der Waals surface area contributed by atoms with Gasteiger partial charge in [0.05, 0.1) is 30.3 Å². The second kappa shape index (κ2) is 8.21. The van der Waals surface area contributed by atoms with Gasteiger partial charge >= 0.3 is 0 Å². The predicted octanol–water partition coefficient (Wildman–Crippen LogP) is 4.71. The van der Waals surface area contributed by atoms with Crippen molar-refractivity contribution in [2.45, 2.75) is 12.6 Å². The second-order valence-electron chi connectivity index (χ2n) is 6.46. The maximum atomic E-state index is 13.0. The molecule has 4 rings (SSSR count). The van der Waals surface area contributed by atoms with Crippen LogP contribution in [0.25, 0.3) is 11.0 Å². The fraction of sp³-hybridized carbons (Fsp3) is 0.136. The highest BCUT2D eigenvalue weighted by atomic mass is 19.1. The number of nitrogens with one attached hydrogen (secondary N) is 1. The molecule has 1 aromatic heterocycles. The summed E-state index contributed by atoms with van der Waals surface area (Å²) in [6, 6.07) is 21.0. The molecule has 5 nitrogen and oxygen atoms in total. The van der Waals surface area contributed by atoms with Gasteiger partial charge in [0.2, 0.25) is 0 Å². The van der Waals surface area contributed by atoms with Crippen LogP contribution in [0.15, 0.2) is 72.8 Å². The molecule has 0 amide bonds. The maximum Gasteiger partial charge on any atom is 0.129 e. The van der Waals surface area contributed by atoms with Gasteiger partial charge in [-0.3, -0.25) is 0 Å². The zero-order valence-corrected chi connectivity index (χ0v) is 15.1. The lowest BCUT2D eigenvalue weighted by Gasteiger charge is -2.09. The first-order valence-electron chi connectivity index (χ1n) is 8.98. The number of H-pyrrole nitrogens is 1. The Kier molecular flexibility index (Phi) is 5.32. The lowest BCUT2D eigenvalue weighted by atomic mass is 10.2. The highest BCUT2D eigenvalue weighted by molar-refractivity contribution is 5.77. The fourth-order valence-corrected chi connectivity index (χ4v) is 2.84. The van der Waals surface area contributed by atoms with Gasteiger partial charge in [-0.1, -0.05) is 30.3 Å². The van der Waals surface area contributed by atoms with Crippen LogP contribution in [0.3, 0.4) is 0 Å². The van der Waals surface area contributed by atoms with E-state index in [1.54, 1.807) is 12.1 Å². The number of halogens is 1. The SMILES string of the molecule is N[C@@H](COCc1ccccc1)c1nc2ccc(Oc3ccc(F)cc3)cc2[nH]1. The van der Waals surface area contributed by atoms with Crippen molar-refractivity contribution in [1.82, 2.24) is 9.97 Å². The Morgan fingerprint density at radius 3 is 2.50 bits per heavy atom. The van der Waals surface area contributed by atoms with Crippen molar-refractivity contribution in [2.24, 2.45) is 5.73 Å². The van der Waals surface area contributed by atoms with Crippen molar-refractivity contribution >= 4 is 11.0 Å². The number of imidazole rings is 1. The van der Waals surface area contributed by atoms with Gasteiger partial charge in [0.1, 0.15) is 23.1 Å². The van der Waals surface area contributed by atoms with Crippen molar-refractivity contribution in [3.8, 4) is 11.5 Å². The summed E-state index contributed by atoms with van der Waals surface area (Å²) in [5.74, 6) is 1.54. The van der Waals surface area contributed by atoms with E-state index < -0.39 is 0 Å². The Balaban J connectivity index is 1.41. The van der Waals surface area contributed by atoms with Crippen LogP contribution in [0.2, 0.25) is 0 Å². The van der Waals surface area contributed by atoms with Gasteiger partial charge in [0, 0.05) is 6.07 Å². The molecule has 0 aliphatic heterocycles. The molecule has 4 aromatic rings. The van der Waals surface area contributed by atoms with E-state index >= 15 is 0 Å². The number of hydrogen-bond acceptors (Lipinski definition) is 4. The molecule has 0 fully saturated rings. The van der Waals surface area contributed by atoms with Crippen LogP contribution in [0.4, 0.5) is 4.39 Å². The van der Waals surface area contributed by atoms with Crippen molar-refractivity contribution in [1.29, 1.82) is 0 Å². The van der Waals surface area contributed by atoms with E-state index in [1.807, 2.05) is 48.5 Å². The minimum Gasteiger partial charge on any atom is -0.457 e. The molecule has 0 saturated carbocycles. The molecule has 0 aliphatic carbocycles. The number of aromatic nitrogens is 2. The molecule has 0 aliphatic rings. The van der Waals surface area contributed by atoms with Gasteiger partial charge in [-0.05, 0) is 42.0 Å². The smallest absolute Gasteiger partial charge is 0.129 e. The molecule has 0 unspecified atom stereocenters. The minimum absolute atomic E-state index is 0.301. The van der Waals surface area contributed by atoms with Gasteiger partial charge < -0.3 is 20.2 Å². The van der Waals surface area contributed by atoms with E-state index in [-0.39, 0.29) is 11.9 Å². The lowest BCUT2D eigenvalue weighted by Crippen LogP contribution is -2.18. The number of ether oxygens (including phenoxy) is 2. The van der Waals surface area contributed by atoms with Crippen LogP contribution < -0.4 is 10.5 Å². The van der Waals surface area contributed by atoms with Gasteiger partial charge in [-0.25, -0.2) is 9.37 Å². The highest BCUT2D eigenvalue weighted by Crippen LogP contribution is 2.25. The number of hydrogen-bond donors (Lipinski definition) is 2. The third-order valence-electron chi connectivity index (χ3n) is 4.28. The Morgan fingerprint density at radius 2 is 1.71 bits per heavy atom. The van der Waals surface area contributed by atoms with Crippen LogP contribution >= 0.6 is 0 Å². The molecular weight excluding hydrogens is 357 g/mol. The third-order valence-corrected chi connectivity index (χ3v) is 4.28. The number of nitrogens with zero attached hydrogens (tertiary/aromatic N) is 1. The summed E-state index contributed by atoms with van der Waals surface area (Å²) in [5.41, 5.74) is 8.92. The van der Waals surface area contributed by atoms with Crippen molar-refractivity contribution in [2.75, 3.05) is 6.61 Å². The molecule has 0 spiro atoms. The molecule has 142 valence electrons. The molecule has 0 radical (unpaired) electrons. The zero-order chi connectivity index (χ0) is 19.3. The summed E-state index contributed by atoms with van der Waals surface area (Å²) in [4.78, 5) is 7.76. The van der Waals surface area contributed by atoms with E-state index in [2.05, 4.69) is 9.97 Å². The van der Waals surface area contributed by atoms with E-state index in [4.69, 9.17) is 15.2 Å². The van der Waals surface area contributed by atoms with Crippen LogP contribution in [0, 0.1) is 5.82 Å². The number of rotatable bonds is 7. The second-order valence-corrected chi connectivity index (χ2v) is 6.46. The number of nitrogens with two attached hydrogens (primary N) is 1. The summed E-state index contributed by atoms with van der Waals surface area (Å²) in [6.07, 6.45) is 0. The first kappa shape index (κ1) is 18.2. The van der Waals surface area contributed by atoms with Crippen LogP contribution in [0.1, 0.15) is 17.4 Å². The topological polar surface area (TPSA) is 73.2 Å². The number of benzene rings is 3. The molecular formula is C22H20FN3O2. The minimum atomic E-state index is -0.363. The highest BCUT2D eigenvalue weighted by Gasteiger charge is 2.12. The van der Waals surface area contributed by atoms with Gasteiger partial charge in [0.25, 0.3) is 0 Å². The number of aromatic amines is 1. The predicted molar refractivity (Wildman–Crippen MR) is 106 cm³/mol. The zero-order valence-electron chi connectivity index (χ0n) is 15.1. The molecule has 0 saturated heterocycles. The van der Waals surface area contributed by atoms with E-state index in [0.29, 0.717) is 30.5 Å². The average Bonchev–Trinajstić information content (AvgIpc) is 3.14. The molecule has 3 N–H and O–H groups in total. The van der Waals surface area contributed by atoms with Gasteiger partial charge in [-0.15, -0.1) is 0 Å². The average molecular weight is 377 g/mol. The monoisotopic (exact) mass is 377 g/mol. The standard InChI is InChI=1S/C22H20FN3O2/c23-16-6-8-17(9-7-16)28-18-10-11-20-21(12-18)26-22(25-20)19(24)14-27-13-15-4-2-1-3-5-15/h1-12,19H,13-14,24H2,(H,25,26)/t19-/m0/s1. The Morgan fingerprint density at radius 1 is 0.964 bits per heavy atom. The quantitative estimate of drug-likeness (QED) is 0.489. The summed E-state index contributed by atoms with van der Waals surface area (Å²) in [7, 11) is 0. The van der Waals surface area contributed by atoms with E-state index in [9.17, 15) is 4.39 Å². The largest absolute Gasteiger partial charge is 0.457 e. The number of fused-ring (bicyclic) bond motifs is 1. The summed E-state index contributed by atoms with van der Waals surface area (Å²) in [5, 5.41) is 0. The Labute approximate surface area is 161 Å². The summed E-state index contributed by atoms with van der Waals surface area (Å²) >= 11 is 0.